The van der Waals surface area contributed by atoms with Crippen LogP contribution in [0.25, 0.3) is 0 Å². The lowest BCUT2D eigenvalue weighted by molar-refractivity contribution is -0.132. The Morgan fingerprint density at radius 1 is 1.31 bits per heavy atom. The van der Waals surface area contributed by atoms with Crippen molar-refractivity contribution in [2.24, 2.45) is 5.73 Å². The lowest BCUT2D eigenvalue weighted by Gasteiger charge is -2.38. The molecule has 16 heavy (non-hydrogen) atoms. The molecule has 1 fully saturated rings. The molecule has 1 rings (SSSR count). The molecule has 2 N–H and O–H groups in total. The van der Waals surface area contributed by atoms with Gasteiger partial charge < -0.3 is 10.6 Å². The summed E-state index contributed by atoms with van der Waals surface area (Å²) in [6.07, 6.45) is 1.53. The Morgan fingerprint density at radius 2 is 1.88 bits per heavy atom. The van der Waals surface area contributed by atoms with E-state index in [4.69, 9.17) is 18.0 Å². The molecule has 0 aromatic carbocycles. The number of hydrogen-bond acceptors (Lipinski definition) is 3. The summed E-state index contributed by atoms with van der Waals surface area (Å²) in [5.74, 6) is 0.239. The Bertz CT molecular complexity index is 262. The highest BCUT2D eigenvalue weighted by molar-refractivity contribution is 7.80. The van der Waals surface area contributed by atoms with Crippen molar-refractivity contribution in [2.45, 2.75) is 32.7 Å². The van der Waals surface area contributed by atoms with Crippen LogP contribution in [-0.4, -0.2) is 52.9 Å². The standard InChI is InChI=1S/C11H21N3OS/c1-3-9(11(12)16)13-5-7-14(8-6-13)10(15)4-2/h9H,3-8H2,1-2H3,(H2,12,16). The van der Waals surface area contributed by atoms with Gasteiger partial charge in [-0.3, -0.25) is 9.69 Å². The van der Waals surface area contributed by atoms with Crippen LogP contribution < -0.4 is 5.73 Å². The van der Waals surface area contributed by atoms with Gasteiger partial charge in [-0.2, -0.15) is 0 Å². The lowest BCUT2D eigenvalue weighted by atomic mass is 10.1. The molecular formula is C11H21N3OS. The molecule has 0 aliphatic carbocycles. The van der Waals surface area contributed by atoms with Crippen molar-refractivity contribution in [1.82, 2.24) is 9.80 Å². The largest absolute Gasteiger partial charge is 0.392 e. The average Bonchev–Trinajstić information content (AvgIpc) is 2.29. The van der Waals surface area contributed by atoms with Crippen LogP contribution in [0.15, 0.2) is 0 Å². The van der Waals surface area contributed by atoms with Gasteiger partial charge in [0.15, 0.2) is 0 Å². The van der Waals surface area contributed by atoms with Gasteiger partial charge in [0, 0.05) is 32.6 Å². The fourth-order valence-corrected chi connectivity index (χ4v) is 2.46. The molecule has 0 spiro atoms. The molecule has 1 aliphatic heterocycles. The van der Waals surface area contributed by atoms with Crippen molar-refractivity contribution < 1.29 is 4.79 Å². The van der Waals surface area contributed by atoms with Gasteiger partial charge in [-0.15, -0.1) is 0 Å². The van der Waals surface area contributed by atoms with Crippen LogP contribution in [0.2, 0.25) is 0 Å². The average molecular weight is 243 g/mol. The molecule has 92 valence electrons. The zero-order valence-corrected chi connectivity index (χ0v) is 10.9. The maximum absolute atomic E-state index is 11.5. The van der Waals surface area contributed by atoms with Gasteiger partial charge in [-0.05, 0) is 6.42 Å². The summed E-state index contributed by atoms with van der Waals surface area (Å²) in [6, 6.07) is 0.189. The molecule has 0 saturated carbocycles. The number of nitrogens with zero attached hydrogens (tertiary/aromatic N) is 2. The van der Waals surface area contributed by atoms with Gasteiger partial charge in [0.2, 0.25) is 5.91 Å². The summed E-state index contributed by atoms with van der Waals surface area (Å²) in [7, 11) is 0. The Kier molecular flexibility index (Phi) is 5.15. The number of hydrogen-bond donors (Lipinski definition) is 1. The first-order valence-corrected chi connectivity index (χ1v) is 6.32. The number of carbonyl (C=O) groups excluding carboxylic acids is 1. The SMILES string of the molecule is CCC(=O)N1CCN(C(CC)C(N)=S)CC1. The van der Waals surface area contributed by atoms with E-state index in [0.717, 1.165) is 32.6 Å². The van der Waals surface area contributed by atoms with E-state index in [0.29, 0.717) is 11.4 Å². The van der Waals surface area contributed by atoms with E-state index in [9.17, 15) is 4.79 Å². The smallest absolute Gasteiger partial charge is 0.222 e. The summed E-state index contributed by atoms with van der Waals surface area (Å²) in [4.78, 5) is 16.3. The molecule has 4 nitrogen and oxygen atoms in total. The normalized spacial score (nSPS) is 19.5. The van der Waals surface area contributed by atoms with Gasteiger partial charge in [-0.1, -0.05) is 26.1 Å². The number of carbonyl (C=O) groups is 1. The van der Waals surface area contributed by atoms with E-state index in [2.05, 4.69) is 11.8 Å². The maximum Gasteiger partial charge on any atom is 0.222 e. The molecule has 1 aliphatic rings. The fraction of sp³-hybridized carbons (Fsp3) is 0.818. The van der Waals surface area contributed by atoms with Crippen molar-refractivity contribution in [1.29, 1.82) is 0 Å². The summed E-state index contributed by atoms with van der Waals surface area (Å²) in [5, 5.41) is 0. The number of piperazine rings is 1. The first kappa shape index (κ1) is 13.4. The number of nitrogens with two attached hydrogens (primary N) is 1. The monoisotopic (exact) mass is 243 g/mol. The minimum atomic E-state index is 0.189. The maximum atomic E-state index is 11.5. The van der Waals surface area contributed by atoms with Crippen molar-refractivity contribution in [2.75, 3.05) is 26.2 Å². The Hall–Kier alpha value is -0.680. The van der Waals surface area contributed by atoms with E-state index in [1.165, 1.54) is 0 Å². The zero-order valence-electron chi connectivity index (χ0n) is 10.1. The second-order valence-electron chi connectivity index (χ2n) is 4.10. The van der Waals surface area contributed by atoms with Gasteiger partial charge in [0.1, 0.15) is 0 Å². The molecule has 1 heterocycles. The second kappa shape index (κ2) is 6.15. The van der Waals surface area contributed by atoms with Gasteiger partial charge in [-0.25, -0.2) is 0 Å². The van der Waals surface area contributed by atoms with E-state index in [1.807, 2.05) is 11.8 Å². The summed E-state index contributed by atoms with van der Waals surface area (Å²) >= 11 is 5.06. The lowest BCUT2D eigenvalue weighted by Crippen LogP contribution is -2.54. The topological polar surface area (TPSA) is 49.6 Å². The summed E-state index contributed by atoms with van der Waals surface area (Å²) in [6.45, 7) is 7.34. The number of thiocarbonyl (C=S) groups is 1. The Balaban J connectivity index is 2.47. The molecule has 0 bridgehead atoms. The summed E-state index contributed by atoms with van der Waals surface area (Å²) in [5.41, 5.74) is 5.71. The molecule has 5 heteroatoms. The van der Waals surface area contributed by atoms with E-state index in [-0.39, 0.29) is 11.9 Å². The van der Waals surface area contributed by atoms with E-state index in [1.54, 1.807) is 0 Å². The van der Waals surface area contributed by atoms with Crippen molar-refractivity contribution in [3.63, 3.8) is 0 Å². The molecule has 1 saturated heterocycles. The van der Waals surface area contributed by atoms with Crippen LogP contribution in [0, 0.1) is 0 Å². The van der Waals surface area contributed by atoms with E-state index >= 15 is 0 Å². The minimum Gasteiger partial charge on any atom is -0.392 e. The van der Waals surface area contributed by atoms with Gasteiger partial charge in [0.25, 0.3) is 0 Å². The highest BCUT2D eigenvalue weighted by Gasteiger charge is 2.25. The van der Waals surface area contributed by atoms with Crippen molar-refractivity contribution in [3.05, 3.63) is 0 Å². The Labute approximate surface area is 103 Å². The van der Waals surface area contributed by atoms with Crippen LogP contribution in [0.5, 0.6) is 0 Å². The summed E-state index contributed by atoms with van der Waals surface area (Å²) < 4.78 is 0. The third kappa shape index (κ3) is 3.15. The quantitative estimate of drug-likeness (QED) is 0.735. The molecule has 1 amide bonds. The molecule has 0 aromatic rings. The number of rotatable bonds is 4. The van der Waals surface area contributed by atoms with E-state index < -0.39 is 0 Å². The molecule has 1 unspecified atom stereocenters. The second-order valence-corrected chi connectivity index (χ2v) is 4.57. The fourth-order valence-electron chi connectivity index (χ4n) is 2.15. The van der Waals surface area contributed by atoms with Crippen LogP contribution in [-0.2, 0) is 4.79 Å². The Morgan fingerprint density at radius 3 is 2.25 bits per heavy atom. The van der Waals surface area contributed by atoms with Crippen LogP contribution in [0.4, 0.5) is 0 Å². The van der Waals surface area contributed by atoms with Gasteiger partial charge in [0.05, 0.1) is 11.0 Å². The third-order valence-electron chi connectivity index (χ3n) is 3.13. The van der Waals surface area contributed by atoms with Gasteiger partial charge >= 0.3 is 0 Å². The van der Waals surface area contributed by atoms with Crippen molar-refractivity contribution >= 4 is 23.1 Å². The molecular weight excluding hydrogens is 222 g/mol. The minimum absolute atomic E-state index is 0.189. The zero-order chi connectivity index (χ0) is 12.1. The van der Waals surface area contributed by atoms with Crippen molar-refractivity contribution in [3.8, 4) is 0 Å². The highest BCUT2D eigenvalue weighted by atomic mass is 32.1. The third-order valence-corrected chi connectivity index (χ3v) is 3.40. The predicted octanol–water partition coefficient (Wildman–Crippen LogP) is 0.605. The van der Waals surface area contributed by atoms with Crippen LogP contribution >= 0.6 is 12.2 Å². The predicted molar refractivity (Wildman–Crippen MR) is 69.3 cm³/mol. The van der Waals surface area contributed by atoms with Crippen LogP contribution in [0.1, 0.15) is 26.7 Å². The molecule has 0 aromatic heterocycles. The first-order chi connectivity index (χ1) is 7.60. The molecule has 1 atom stereocenters. The number of amides is 1. The molecule has 0 radical (unpaired) electrons. The first-order valence-electron chi connectivity index (χ1n) is 5.91. The highest BCUT2D eigenvalue weighted by Crippen LogP contribution is 2.10. The van der Waals surface area contributed by atoms with Crippen LogP contribution in [0.3, 0.4) is 0 Å².